The van der Waals surface area contributed by atoms with E-state index in [1.807, 2.05) is 0 Å². The van der Waals surface area contributed by atoms with Gasteiger partial charge >= 0.3 is 0 Å². The minimum absolute atomic E-state index is 0.446. The minimum Gasteiger partial charge on any atom is -0.316 e. The zero-order valence-electron chi connectivity index (χ0n) is 14.0. The van der Waals surface area contributed by atoms with Crippen LogP contribution < -0.4 is 5.32 Å². The first-order valence-corrected chi connectivity index (χ1v) is 8.84. The molecule has 2 fully saturated rings. The third kappa shape index (κ3) is 4.44. The minimum atomic E-state index is 0.446. The van der Waals surface area contributed by atoms with Gasteiger partial charge in [0.2, 0.25) is 0 Å². The third-order valence-electron chi connectivity index (χ3n) is 5.18. The van der Waals surface area contributed by atoms with Gasteiger partial charge in [0.15, 0.2) is 0 Å². The number of piperazine rings is 1. The largest absolute Gasteiger partial charge is 0.316 e. The van der Waals surface area contributed by atoms with Crippen LogP contribution >= 0.6 is 0 Å². The first-order chi connectivity index (χ1) is 9.67. The molecule has 0 saturated carbocycles. The van der Waals surface area contributed by atoms with E-state index in [9.17, 15) is 0 Å². The van der Waals surface area contributed by atoms with Crippen molar-refractivity contribution in [1.29, 1.82) is 0 Å². The van der Waals surface area contributed by atoms with Crippen molar-refractivity contribution in [3.05, 3.63) is 0 Å². The number of hydrogen-bond donors (Lipinski definition) is 1. The van der Waals surface area contributed by atoms with Crippen LogP contribution in [0.1, 0.15) is 52.9 Å². The molecular weight excluding hydrogens is 246 g/mol. The van der Waals surface area contributed by atoms with Gasteiger partial charge in [0.05, 0.1) is 0 Å². The molecule has 0 amide bonds. The maximum Gasteiger partial charge on any atom is 0.0223 e. The topological polar surface area (TPSA) is 18.5 Å². The Morgan fingerprint density at radius 2 is 2.00 bits per heavy atom. The van der Waals surface area contributed by atoms with Gasteiger partial charge in [0, 0.05) is 38.8 Å². The molecule has 0 aliphatic carbocycles. The maximum atomic E-state index is 3.58. The molecule has 2 saturated heterocycles. The first kappa shape index (κ1) is 16.3. The summed E-state index contributed by atoms with van der Waals surface area (Å²) in [7, 11) is 0. The highest BCUT2D eigenvalue weighted by Crippen LogP contribution is 2.27. The highest BCUT2D eigenvalue weighted by atomic mass is 15.3. The second kappa shape index (κ2) is 7.77. The Balaban J connectivity index is 1.86. The zero-order valence-corrected chi connectivity index (χ0v) is 14.0. The van der Waals surface area contributed by atoms with Crippen LogP contribution in [0.5, 0.6) is 0 Å². The number of nitrogens with zero attached hydrogens (tertiary/aromatic N) is 2. The summed E-state index contributed by atoms with van der Waals surface area (Å²) < 4.78 is 0. The van der Waals surface area contributed by atoms with Gasteiger partial charge < -0.3 is 5.32 Å². The molecular formula is C17H35N3. The second-order valence-electron chi connectivity index (χ2n) is 7.26. The number of piperidine rings is 1. The summed E-state index contributed by atoms with van der Waals surface area (Å²) in [6.45, 7) is 15.8. The molecule has 0 aromatic carbocycles. The second-order valence-corrected chi connectivity index (χ2v) is 7.26. The number of rotatable bonds is 7. The fraction of sp³-hybridized carbons (Fsp3) is 1.00. The summed E-state index contributed by atoms with van der Waals surface area (Å²) in [6, 6.07) is 0.850. The smallest absolute Gasteiger partial charge is 0.0223 e. The monoisotopic (exact) mass is 281 g/mol. The normalized spacial score (nSPS) is 28.1. The molecule has 0 radical (unpaired) electrons. The molecule has 0 aromatic heterocycles. The molecule has 2 unspecified atom stereocenters. The summed E-state index contributed by atoms with van der Waals surface area (Å²) in [4.78, 5) is 5.49. The van der Waals surface area contributed by atoms with Crippen LogP contribution in [-0.4, -0.2) is 61.7 Å². The number of nitrogens with one attached hydrogen (secondary N) is 1. The fourth-order valence-corrected chi connectivity index (χ4v) is 4.16. The molecule has 20 heavy (non-hydrogen) atoms. The van der Waals surface area contributed by atoms with Crippen LogP contribution in [0.3, 0.4) is 0 Å². The lowest BCUT2D eigenvalue weighted by molar-refractivity contribution is 0.0269. The van der Waals surface area contributed by atoms with Crippen molar-refractivity contribution in [2.24, 2.45) is 5.41 Å². The van der Waals surface area contributed by atoms with Gasteiger partial charge in [-0.2, -0.15) is 0 Å². The predicted molar refractivity (Wildman–Crippen MR) is 87.2 cm³/mol. The molecule has 2 atom stereocenters. The van der Waals surface area contributed by atoms with Crippen molar-refractivity contribution < 1.29 is 0 Å². The molecule has 118 valence electrons. The Bertz CT molecular complexity index is 281. The van der Waals surface area contributed by atoms with E-state index >= 15 is 0 Å². The summed E-state index contributed by atoms with van der Waals surface area (Å²) in [5.41, 5.74) is 0.446. The Morgan fingerprint density at radius 1 is 1.15 bits per heavy atom. The van der Waals surface area contributed by atoms with E-state index < -0.39 is 0 Å². The summed E-state index contributed by atoms with van der Waals surface area (Å²) >= 11 is 0. The number of fused-ring (bicyclic) bond motifs is 1. The molecule has 3 heteroatoms. The predicted octanol–water partition coefficient (Wildman–Crippen LogP) is 2.57. The zero-order chi connectivity index (χ0) is 14.4. The highest BCUT2D eigenvalue weighted by molar-refractivity contribution is 4.88. The Hall–Kier alpha value is -0.120. The van der Waals surface area contributed by atoms with Gasteiger partial charge in [-0.3, -0.25) is 9.80 Å². The SMILES string of the molecule is CCCC(C)(CNCC)CN1CCN2CCCCC2C1. The molecule has 0 aromatic rings. The lowest BCUT2D eigenvalue weighted by Crippen LogP contribution is -2.57. The van der Waals surface area contributed by atoms with E-state index in [-0.39, 0.29) is 0 Å². The van der Waals surface area contributed by atoms with Crippen LogP contribution in [0.15, 0.2) is 0 Å². The van der Waals surface area contributed by atoms with E-state index in [1.54, 1.807) is 0 Å². The van der Waals surface area contributed by atoms with Crippen molar-refractivity contribution in [2.45, 2.75) is 58.9 Å². The Labute approximate surface area is 126 Å². The molecule has 1 N–H and O–H groups in total. The Kier molecular flexibility index (Phi) is 6.31. The van der Waals surface area contributed by atoms with Gasteiger partial charge in [-0.15, -0.1) is 0 Å². The summed E-state index contributed by atoms with van der Waals surface area (Å²) in [5, 5.41) is 3.58. The molecule has 2 aliphatic rings. The average molecular weight is 281 g/mol. The van der Waals surface area contributed by atoms with Crippen molar-refractivity contribution in [1.82, 2.24) is 15.1 Å². The lowest BCUT2D eigenvalue weighted by Gasteiger charge is -2.46. The van der Waals surface area contributed by atoms with Gasteiger partial charge in [-0.1, -0.05) is 33.6 Å². The molecule has 2 heterocycles. The quantitative estimate of drug-likeness (QED) is 0.774. The van der Waals surface area contributed by atoms with E-state index in [2.05, 4.69) is 35.9 Å². The van der Waals surface area contributed by atoms with E-state index in [0.29, 0.717) is 5.41 Å². The van der Waals surface area contributed by atoms with Gasteiger partial charge in [0.25, 0.3) is 0 Å². The maximum absolute atomic E-state index is 3.58. The van der Waals surface area contributed by atoms with Gasteiger partial charge in [-0.25, -0.2) is 0 Å². The molecule has 0 spiro atoms. The van der Waals surface area contributed by atoms with Crippen molar-refractivity contribution in [3.63, 3.8) is 0 Å². The van der Waals surface area contributed by atoms with Crippen LogP contribution in [0.25, 0.3) is 0 Å². The van der Waals surface area contributed by atoms with E-state index in [1.165, 1.54) is 71.4 Å². The fourth-order valence-electron chi connectivity index (χ4n) is 4.16. The molecule has 3 nitrogen and oxygen atoms in total. The van der Waals surface area contributed by atoms with Crippen LogP contribution in [0.2, 0.25) is 0 Å². The van der Waals surface area contributed by atoms with E-state index in [0.717, 1.165) is 12.6 Å². The standard InChI is InChI=1S/C17H35N3/c1-4-9-17(3,14-18-5-2)15-19-11-12-20-10-7-6-8-16(20)13-19/h16,18H,4-15H2,1-3H3. The first-order valence-electron chi connectivity index (χ1n) is 8.84. The highest BCUT2D eigenvalue weighted by Gasteiger charge is 2.32. The van der Waals surface area contributed by atoms with Crippen LogP contribution in [-0.2, 0) is 0 Å². The molecule has 2 rings (SSSR count). The number of hydrogen-bond acceptors (Lipinski definition) is 3. The van der Waals surface area contributed by atoms with Crippen LogP contribution in [0.4, 0.5) is 0 Å². The van der Waals surface area contributed by atoms with Gasteiger partial charge in [-0.05, 0) is 37.8 Å². The lowest BCUT2D eigenvalue weighted by atomic mass is 9.84. The van der Waals surface area contributed by atoms with Crippen molar-refractivity contribution >= 4 is 0 Å². The van der Waals surface area contributed by atoms with Crippen molar-refractivity contribution in [2.75, 3.05) is 45.8 Å². The van der Waals surface area contributed by atoms with Crippen LogP contribution in [0, 0.1) is 5.41 Å². The average Bonchev–Trinajstić information content (AvgIpc) is 2.45. The van der Waals surface area contributed by atoms with Gasteiger partial charge in [0.1, 0.15) is 0 Å². The molecule has 2 aliphatic heterocycles. The molecule has 0 bridgehead atoms. The van der Waals surface area contributed by atoms with E-state index in [4.69, 9.17) is 0 Å². The summed E-state index contributed by atoms with van der Waals surface area (Å²) in [6.07, 6.45) is 6.92. The Morgan fingerprint density at radius 3 is 2.75 bits per heavy atom. The van der Waals surface area contributed by atoms with Crippen molar-refractivity contribution in [3.8, 4) is 0 Å². The summed E-state index contributed by atoms with van der Waals surface area (Å²) in [5.74, 6) is 0. The third-order valence-corrected chi connectivity index (χ3v) is 5.18.